The van der Waals surface area contributed by atoms with Gasteiger partial charge in [0.05, 0.1) is 0 Å². The Bertz CT molecular complexity index is 793. The first kappa shape index (κ1) is 18.4. The molecule has 0 saturated carbocycles. The van der Waals surface area contributed by atoms with Gasteiger partial charge in [-0.15, -0.1) is 0 Å². The molecule has 0 radical (unpaired) electrons. The SMILES string of the molecule is CC(=O)c1c(C)[nH]c(C(=O)O[C@@H](C)C(=O)NCc2ccccc2)c1C. The summed E-state index contributed by atoms with van der Waals surface area (Å²) in [6.45, 7) is 6.71. The molecule has 0 saturated heterocycles. The normalized spacial score (nSPS) is 11.7. The minimum absolute atomic E-state index is 0.126. The highest BCUT2D eigenvalue weighted by Gasteiger charge is 2.24. The van der Waals surface area contributed by atoms with Crippen molar-refractivity contribution in [1.82, 2.24) is 10.3 Å². The van der Waals surface area contributed by atoms with Crippen LogP contribution >= 0.6 is 0 Å². The Hall–Kier alpha value is -2.89. The number of esters is 1. The summed E-state index contributed by atoms with van der Waals surface area (Å²) >= 11 is 0. The molecule has 2 aromatic rings. The molecule has 1 aromatic heterocycles. The van der Waals surface area contributed by atoms with Gasteiger partial charge in [-0.3, -0.25) is 9.59 Å². The summed E-state index contributed by atoms with van der Waals surface area (Å²) in [7, 11) is 0. The first-order chi connectivity index (χ1) is 11.8. The number of aromatic nitrogens is 1. The standard InChI is InChI=1S/C19H22N2O4/c1-11-16(13(3)22)12(2)21-17(11)19(24)25-14(4)18(23)20-10-15-8-6-5-7-9-15/h5-9,14,21H,10H2,1-4H3,(H,20,23)/t14-/m0/s1. The molecule has 1 amide bonds. The van der Waals surface area contributed by atoms with E-state index in [1.165, 1.54) is 13.8 Å². The van der Waals surface area contributed by atoms with E-state index in [0.29, 0.717) is 23.4 Å². The summed E-state index contributed by atoms with van der Waals surface area (Å²) in [5.74, 6) is -1.17. The molecule has 0 aliphatic heterocycles. The van der Waals surface area contributed by atoms with Crippen molar-refractivity contribution < 1.29 is 19.1 Å². The van der Waals surface area contributed by atoms with Crippen LogP contribution in [0.15, 0.2) is 30.3 Å². The average molecular weight is 342 g/mol. The van der Waals surface area contributed by atoms with Gasteiger partial charge in [-0.2, -0.15) is 0 Å². The van der Waals surface area contributed by atoms with Crippen LogP contribution in [0.4, 0.5) is 0 Å². The summed E-state index contributed by atoms with van der Waals surface area (Å²) in [6, 6.07) is 9.45. The number of ether oxygens (including phenoxy) is 1. The minimum Gasteiger partial charge on any atom is -0.448 e. The fourth-order valence-electron chi connectivity index (χ4n) is 2.68. The Kier molecular flexibility index (Phi) is 5.75. The number of H-pyrrole nitrogens is 1. The summed E-state index contributed by atoms with van der Waals surface area (Å²) in [6.07, 6.45) is -0.944. The van der Waals surface area contributed by atoms with Crippen LogP contribution in [-0.4, -0.2) is 28.7 Å². The predicted octanol–water partition coefficient (Wildman–Crippen LogP) is 2.70. The number of Topliss-reactive ketones (excluding diaryl/α,β-unsaturated/α-hetero) is 1. The van der Waals surface area contributed by atoms with Crippen molar-refractivity contribution in [2.75, 3.05) is 0 Å². The van der Waals surface area contributed by atoms with Crippen LogP contribution in [0.2, 0.25) is 0 Å². The lowest BCUT2D eigenvalue weighted by Gasteiger charge is -2.13. The topological polar surface area (TPSA) is 88.3 Å². The lowest BCUT2D eigenvalue weighted by molar-refractivity contribution is -0.129. The fraction of sp³-hybridized carbons (Fsp3) is 0.316. The van der Waals surface area contributed by atoms with E-state index in [0.717, 1.165) is 5.56 Å². The molecule has 0 fully saturated rings. The van der Waals surface area contributed by atoms with Gasteiger partial charge in [0.15, 0.2) is 11.9 Å². The van der Waals surface area contributed by atoms with Crippen molar-refractivity contribution in [1.29, 1.82) is 0 Å². The highest BCUT2D eigenvalue weighted by molar-refractivity contribution is 6.01. The Labute approximate surface area is 146 Å². The third kappa shape index (κ3) is 4.35. The molecule has 0 unspecified atom stereocenters. The summed E-state index contributed by atoms with van der Waals surface area (Å²) < 4.78 is 5.22. The van der Waals surface area contributed by atoms with E-state index >= 15 is 0 Å². The highest BCUT2D eigenvalue weighted by atomic mass is 16.5. The van der Waals surface area contributed by atoms with Gasteiger partial charge >= 0.3 is 5.97 Å². The molecule has 0 aliphatic rings. The van der Waals surface area contributed by atoms with Gasteiger partial charge < -0.3 is 15.0 Å². The molecule has 0 spiro atoms. The number of benzene rings is 1. The molecule has 132 valence electrons. The number of carbonyl (C=O) groups is 3. The number of hydrogen-bond donors (Lipinski definition) is 2. The van der Waals surface area contributed by atoms with Crippen molar-refractivity contribution in [3.8, 4) is 0 Å². The fourth-order valence-corrected chi connectivity index (χ4v) is 2.68. The van der Waals surface area contributed by atoms with E-state index in [9.17, 15) is 14.4 Å². The molecule has 6 heteroatoms. The van der Waals surface area contributed by atoms with E-state index < -0.39 is 12.1 Å². The van der Waals surface area contributed by atoms with Gasteiger partial charge in [0, 0.05) is 17.8 Å². The zero-order valence-electron chi connectivity index (χ0n) is 14.8. The maximum Gasteiger partial charge on any atom is 0.355 e. The molecule has 1 aromatic carbocycles. The second-order valence-electron chi connectivity index (χ2n) is 5.93. The summed E-state index contributed by atoms with van der Waals surface area (Å²) in [4.78, 5) is 38.9. The number of aryl methyl sites for hydroxylation is 1. The van der Waals surface area contributed by atoms with Crippen molar-refractivity contribution in [3.05, 3.63) is 58.4 Å². The Balaban J connectivity index is 1.99. The first-order valence-corrected chi connectivity index (χ1v) is 8.04. The lowest BCUT2D eigenvalue weighted by Crippen LogP contribution is -2.35. The summed E-state index contributed by atoms with van der Waals surface area (Å²) in [5, 5.41) is 2.72. The molecule has 0 bridgehead atoms. The first-order valence-electron chi connectivity index (χ1n) is 8.04. The van der Waals surface area contributed by atoms with Crippen LogP contribution in [0, 0.1) is 13.8 Å². The number of aromatic amines is 1. The number of amides is 1. The van der Waals surface area contributed by atoms with E-state index in [1.54, 1.807) is 13.8 Å². The minimum atomic E-state index is -0.944. The number of nitrogens with one attached hydrogen (secondary N) is 2. The number of ketones is 1. The predicted molar refractivity (Wildman–Crippen MR) is 93.4 cm³/mol. The van der Waals surface area contributed by atoms with Gasteiger partial charge in [0.2, 0.25) is 0 Å². The number of rotatable bonds is 6. The second-order valence-corrected chi connectivity index (χ2v) is 5.93. The molecule has 2 N–H and O–H groups in total. The molecule has 25 heavy (non-hydrogen) atoms. The number of carbonyl (C=O) groups excluding carboxylic acids is 3. The lowest BCUT2D eigenvalue weighted by atomic mass is 10.1. The van der Waals surface area contributed by atoms with Crippen molar-refractivity contribution in [2.45, 2.75) is 40.3 Å². The quantitative estimate of drug-likeness (QED) is 0.624. The van der Waals surface area contributed by atoms with Gasteiger partial charge in [-0.1, -0.05) is 30.3 Å². The molecular formula is C19H22N2O4. The molecule has 6 nitrogen and oxygen atoms in total. The zero-order valence-corrected chi connectivity index (χ0v) is 14.8. The monoisotopic (exact) mass is 342 g/mol. The van der Waals surface area contributed by atoms with Gasteiger partial charge in [0.1, 0.15) is 5.69 Å². The van der Waals surface area contributed by atoms with Crippen molar-refractivity contribution >= 4 is 17.7 Å². The number of hydrogen-bond acceptors (Lipinski definition) is 4. The van der Waals surface area contributed by atoms with Crippen LogP contribution in [0.25, 0.3) is 0 Å². The van der Waals surface area contributed by atoms with Crippen molar-refractivity contribution in [3.63, 3.8) is 0 Å². The molecular weight excluding hydrogens is 320 g/mol. The van der Waals surface area contributed by atoms with Gasteiger partial charge in [-0.05, 0) is 38.8 Å². The van der Waals surface area contributed by atoms with Crippen LogP contribution in [-0.2, 0) is 16.1 Å². The van der Waals surface area contributed by atoms with Crippen LogP contribution < -0.4 is 5.32 Å². The third-order valence-corrected chi connectivity index (χ3v) is 3.96. The Morgan fingerprint density at radius 1 is 1.16 bits per heavy atom. The van der Waals surface area contributed by atoms with Crippen LogP contribution in [0.3, 0.4) is 0 Å². The van der Waals surface area contributed by atoms with E-state index in [4.69, 9.17) is 4.74 Å². The molecule has 2 rings (SSSR count). The van der Waals surface area contributed by atoms with E-state index in [2.05, 4.69) is 10.3 Å². The molecule has 1 heterocycles. The smallest absolute Gasteiger partial charge is 0.355 e. The zero-order chi connectivity index (χ0) is 18.6. The second kappa shape index (κ2) is 7.79. The molecule has 0 aliphatic carbocycles. The van der Waals surface area contributed by atoms with Crippen LogP contribution in [0.5, 0.6) is 0 Å². The maximum absolute atomic E-state index is 12.3. The average Bonchev–Trinajstić information content (AvgIpc) is 2.88. The van der Waals surface area contributed by atoms with Gasteiger partial charge in [-0.25, -0.2) is 4.79 Å². The van der Waals surface area contributed by atoms with Crippen LogP contribution in [0.1, 0.15) is 51.5 Å². The van der Waals surface area contributed by atoms with E-state index in [-0.39, 0.29) is 17.4 Å². The van der Waals surface area contributed by atoms with E-state index in [1.807, 2.05) is 30.3 Å². The van der Waals surface area contributed by atoms with Crippen molar-refractivity contribution in [2.24, 2.45) is 0 Å². The highest BCUT2D eigenvalue weighted by Crippen LogP contribution is 2.19. The largest absolute Gasteiger partial charge is 0.448 e. The Morgan fingerprint density at radius 2 is 1.80 bits per heavy atom. The molecule has 1 atom stereocenters. The Morgan fingerprint density at radius 3 is 2.36 bits per heavy atom. The maximum atomic E-state index is 12.3. The third-order valence-electron chi connectivity index (χ3n) is 3.96. The summed E-state index contributed by atoms with van der Waals surface area (Å²) in [5.41, 5.74) is 2.78. The van der Waals surface area contributed by atoms with Gasteiger partial charge in [0.25, 0.3) is 5.91 Å².